The molecule has 0 aliphatic rings. The Hall–Kier alpha value is -0.160. The standard InChI is InChI=1S/C9H20O4/c1-2-11-5-3-6-12-8-9-13-7-4-10/h10H,2-9H2,1H3. The summed E-state index contributed by atoms with van der Waals surface area (Å²) in [6.07, 6.45) is 0.924. The van der Waals surface area contributed by atoms with Gasteiger partial charge >= 0.3 is 0 Å². The monoisotopic (exact) mass is 192 g/mol. The van der Waals surface area contributed by atoms with Crippen LogP contribution < -0.4 is 0 Å². The highest BCUT2D eigenvalue weighted by molar-refractivity contribution is 4.35. The van der Waals surface area contributed by atoms with Crippen molar-refractivity contribution in [2.45, 2.75) is 13.3 Å². The van der Waals surface area contributed by atoms with Crippen molar-refractivity contribution in [3.8, 4) is 0 Å². The van der Waals surface area contributed by atoms with Gasteiger partial charge in [0.15, 0.2) is 0 Å². The van der Waals surface area contributed by atoms with Crippen LogP contribution in [0.4, 0.5) is 0 Å². The van der Waals surface area contributed by atoms with E-state index in [0.717, 1.165) is 19.6 Å². The van der Waals surface area contributed by atoms with Gasteiger partial charge in [-0.25, -0.2) is 0 Å². The van der Waals surface area contributed by atoms with Crippen molar-refractivity contribution in [3.05, 3.63) is 0 Å². The van der Waals surface area contributed by atoms with Crippen LogP contribution >= 0.6 is 0 Å². The van der Waals surface area contributed by atoms with Gasteiger partial charge < -0.3 is 19.3 Å². The summed E-state index contributed by atoms with van der Waals surface area (Å²) in [5.41, 5.74) is 0. The molecular weight excluding hydrogens is 172 g/mol. The smallest absolute Gasteiger partial charge is 0.0701 e. The minimum absolute atomic E-state index is 0.0737. The fourth-order valence-corrected chi connectivity index (χ4v) is 0.794. The van der Waals surface area contributed by atoms with Crippen LogP contribution in [-0.2, 0) is 14.2 Å². The largest absolute Gasteiger partial charge is 0.394 e. The maximum Gasteiger partial charge on any atom is 0.0701 e. The normalized spacial score (nSPS) is 10.6. The van der Waals surface area contributed by atoms with Crippen molar-refractivity contribution in [1.82, 2.24) is 0 Å². The van der Waals surface area contributed by atoms with Gasteiger partial charge in [0.2, 0.25) is 0 Å². The first-order chi connectivity index (χ1) is 6.41. The lowest BCUT2D eigenvalue weighted by Gasteiger charge is -2.04. The molecule has 0 aromatic heterocycles. The second-order valence-corrected chi connectivity index (χ2v) is 2.50. The number of aliphatic hydroxyl groups excluding tert-OH is 1. The molecule has 4 heteroatoms. The molecular formula is C9H20O4. The summed E-state index contributed by atoms with van der Waals surface area (Å²) in [6, 6.07) is 0. The summed E-state index contributed by atoms with van der Waals surface area (Å²) in [5, 5.41) is 8.38. The molecule has 0 bridgehead atoms. The third-order valence-corrected chi connectivity index (χ3v) is 1.39. The number of hydrogen-bond donors (Lipinski definition) is 1. The van der Waals surface area contributed by atoms with Crippen molar-refractivity contribution in [2.24, 2.45) is 0 Å². The SMILES string of the molecule is CCOCCCOCCOCCO. The summed E-state index contributed by atoms with van der Waals surface area (Å²) in [4.78, 5) is 0. The third-order valence-electron chi connectivity index (χ3n) is 1.39. The Morgan fingerprint density at radius 2 is 1.46 bits per heavy atom. The molecule has 1 N–H and O–H groups in total. The predicted octanol–water partition coefficient (Wildman–Crippen LogP) is 0.439. The highest BCUT2D eigenvalue weighted by atomic mass is 16.5. The van der Waals surface area contributed by atoms with Crippen LogP contribution in [-0.4, -0.2) is 51.4 Å². The average molecular weight is 192 g/mol. The van der Waals surface area contributed by atoms with Crippen LogP contribution in [0.2, 0.25) is 0 Å². The Balaban J connectivity index is 2.76. The fraction of sp³-hybridized carbons (Fsp3) is 1.00. The first kappa shape index (κ1) is 12.8. The van der Waals surface area contributed by atoms with Crippen molar-refractivity contribution < 1.29 is 19.3 Å². The van der Waals surface area contributed by atoms with Crippen molar-refractivity contribution in [2.75, 3.05) is 46.2 Å². The maximum atomic E-state index is 8.38. The van der Waals surface area contributed by atoms with Crippen LogP contribution in [0.5, 0.6) is 0 Å². The van der Waals surface area contributed by atoms with E-state index in [1.165, 1.54) is 0 Å². The summed E-state index contributed by atoms with van der Waals surface area (Å²) in [6.45, 7) is 5.81. The van der Waals surface area contributed by atoms with Crippen molar-refractivity contribution in [1.29, 1.82) is 0 Å². The van der Waals surface area contributed by atoms with Gasteiger partial charge in [0, 0.05) is 19.8 Å². The van der Waals surface area contributed by atoms with Gasteiger partial charge in [-0.2, -0.15) is 0 Å². The molecule has 13 heavy (non-hydrogen) atoms. The van der Waals surface area contributed by atoms with Crippen molar-refractivity contribution in [3.63, 3.8) is 0 Å². The molecule has 0 fully saturated rings. The number of hydrogen-bond acceptors (Lipinski definition) is 4. The van der Waals surface area contributed by atoms with Crippen LogP contribution in [0.1, 0.15) is 13.3 Å². The number of aliphatic hydroxyl groups is 1. The van der Waals surface area contributed by atoms with E-state index in [2.05, 4.69) is 0 Å². The highest BCUT2D eigenvalue weighted by Gasteiger charge is 1.89. The zero-order chi connectivity index (χ0) is 9.78. The van der Waals surface area contributed by atoms with Gasteiger partial charge in [0.05, 0.1) is 26.4 Å². The molecule has 4 nitrogen and oxygen atoms in total. The van der Waals surface area contributed by atoms with E-state index in [0.29, 0.717) is 26.4 Å². The first-order valence-corrected chi connectivity index (χ1v) is 4.76. The Labute approximate surface area is 79.8 Å². The minimum Gasteiger partial charge on any atom is -0.394 e. The van der Waals surface area contributed by atoms with E-state index >= 15 is 0 Å². The van der Waals surface area contributed by atoms with E-state index < -0.39 is 0 Å². The zero-order valence-electron chi connectivity index (χ0n) is 8.33. The molecule has 0 aliphatic carbocycles. The average Bonchev–Trinajstić information content (AvgIpc) is 2.16. The topological polar surface area (TPSA) is 47.9 Å². The van der Waals surface area contributed by atoms with Crippen LogP contribution in [0.25, 0.3) is 0 Å². The molecule has 0 saturated carbocycles. The second kappa shape index (κ2) is 11.8. The Morgan fingerprint density at radius 3 is 2.08 bits per heavy atom. The molecule has 0 atom stereocenters. The quantitative estimate of drug-likeness (QED) is 0.510. The lowest BCUT2D eigenvalue weighted by molar-refractivity contribution is 0.0255. The molecule has 80 valence electrons. The molecule has 0 amide bonds. The molecule has 0 aromatic rings. The molecule has 0 aliphatic heterocycles. The first-order valence-electron chi connectivity index (χ1n) is 4.76. The zero-order valence-corrected chi connectivity index (χ0v) is 8.33. The molecule has 0 radical (unpaired) electrons. The number of rotatable bonds is 10. The van der Waals surface area contributed by atoms with E-state index in [1.54, 1.807) is 0 Å². The predicted molar refractivity (Wildman–Crippen MR) is 49.8 cm³/mol. The van der Waals surface area contributed by atoms with Gasteiger partial charge in [-0.05, 0) is 13.3 Å². The number of ether oxygens (including phenoxy) is 3. The maximum absolute atomic E-state index is 8.38. The summed E-state index contributed by atoms with van der Waals surface area (Å²) in [5.74, 6) is 0. The summed E-state index contributed by atoms with van der Waals surface area (Å²) < 4.78 is 15.4. The van der Waals surface area contributed by atoms with Crippen LogP contribution in [0.15, 0.2) is 0 Å². The van der Waals surface area contributed by atoms with Crippen LogP contribution in [0, 0.1) is 0 Å². The van der Waals surface area contributed by atoms with Gasteiger partial charge in [-0.1, -0.05) is 0 Å². The Kier molecular flexibility index (Phi) is 11.7. The minimum atomic E-state index is 0.0737. The lowest BCUT2D eigenvalue weighted by atomic mass is 10.5. The van der Waals surface area contributed by atoms with Gasteiger partial charge in [0.25, 0.3) is 0 Å². The van der Waals surface area contributed by atoms with Crippen molar-refractivity contribution >= 4 is 0 Å². The molecule has 0 unspecified atom stereocenters. The second-order valence-electron chi connectivity index (χ2n) is 2.50. The van der Waals surface area contributed by atoms with E-state index in [4.69, 9.17) is 19.3 Å². The molecule has 0 spiro atoms. The van der Waals surface area contributed by atoms with E-state index in [9.17, 15) is 0 Å². The van der Waals surface area contributed by atoms with E-state index in [-0.39, 0.29) is 6.61 Å². The highest BCUT2D eigenvalue weighted by Crippen LogP contribution is 1.85. The Bertz CT molecular complexity index is 77.7. The van der Waals surface area contributed by atoms with E-state index in [1.807, 2.05) is 6.92 Å². The van der Waals surface area contributed by atoms with Gasteiger partial charge in [-0.3, -0.25) is 0 Å². The molecule has 0 heterocycles. The summed E-state index contributed by atoms with van der Waals surface area (Å²) in [7, 11) is 0. The van der Waals surface area contributed by atoms with Gasteiger partial charge in [0.1, 0.15) is 0 Å². The molecule has 0 rings (SSSR count). The third kappa shape index (κ3) is 11.8. The molecule has 0 saturated heterocycles. The fourth-order valence-electron chi connectivity index (χ4n) is 0.794. The molecule has 0 aromatic carbocycles. The summed E-state index contributed by atoms with van der Waals surface area (Å²) >= 11 is 0. The van der Waals surface area contributed by atoms with Gasteiger partial charge in [-0.15, -0.1) is 0 Å². The lowest BCUT2D eigenvalue weighted by Crippen LogP contribution is -2.08. The Morgan fingerprint density at radius 1 is 0.846 bits per heavy atom. The van der Waals surface area contributed by atoms with Crippen LogP contribution in [0.3, 0.4) is 0 Å².